The molecule has 5 heteroatoms. The van der Waals surface area contributed by atoms with E-state index >= 15 is 0 Å². The molecular weight excluding hydrogens is 250 g/mol. The van der Waals surface area contributed by atoms with Gasteiger partial charge in [-0.1, -0.05) is 0 Å². The van der Waals surface area contributed by atoms with Gasteiger partial charge in [0.2, 0.25) is 0 Å². The van der Waals surface area contributed by atoms with E-state index in [1.165, 1.54) is 12.8 Å². The first-order valence-electron chi connectivity index (χ1n) is 6.38. The molecular formula is C13H20ClN3O. The number of nitrogens with zero attached hydrogens (tertiary/aromatic N) is 3. The molecule has 1 heterocycles. The number of alkyl halides is 1. The van der Waals surface area contributed by atoms with E-state index in [4.69, 9.17) is 16.3 Å². The first-order chi connectivity index (χ1) is 8.76. The number of rotatable bonds is 7. The van der Waals surface area contributed by atoms with Crippen molar-refractivity contribution in [2.24, 2.45) is 5.92 Å². The van der Waals surface area contributed by atoms with Crippen molar-refractivity contribution in [3.63, 3.8) is 0 Å². The molecule has 18 heavy (non-hydrogen) atoms. The van der Waals surface area contributed by atoms with Crippen LogP contribution in [0, 0.1) is 5.92 Å². The fourth-order valence-corrected chi connectivity index (χ4v) is 2.25. The van der Waals surface area contributed by atoms with Crippen molar-refractivity contribution >= 4 is 17.4 Å². The monoisotopic (exact) mass is 269 g/mol. The Kier molecular flexibility index (Phi) is 4.78. The molecule has 0 saturated heterocycles. The highest BCUT2D eigenvalue weighted by Gasteiger charge is 2.32. The fourth-order valence-electron chi connectivity index (χ4n) is 2.11. The van der Waals surface area contributed by atoms with Gasteiger partial charge >= 0.3 is 0 Å². The van der Waals surface area contributed by atoms with Crippen molar-refractivity contribution in [2.45, 2.75) is 31.7 Å². The summed E-state index contributed by atoms with van der Waals surface area (Å²) in [4.78, 5) is 11.1. The summed E-state index contributed by atoms with van der Waals surface area (Å²) in [6.45, 7) is 3.81. The Morgan fingerprint density at radius 2 is 2.22 bits per heavy atom. The van der Waals surface area contributed by atoms with Crippen LogP contribution in [-0.4, -0.2) is 36.3 Å². The number of hydrogen-bond donors (Lipinski definition) is 0. The lowest BCUT2D eigenvalue weighted by atomic mass is 10.2. The normalized spacial score (nSPS) is 16.6. The largest absolute Gasteiger partial charge is 0.383 e. The maximum Gasteiger partial charge on any atom is 0.147 e. The smallest absolute Gasteiger partial charge is 0.147 e. The van der Waals surface area contributed by atoms with Crippen molar-refractivity contribution in [2.75, 3.05) is 25.2 Å². The lowest BCUT2D eigenvalue weighted by molar-refractivity contribution is 0.202. The van der Waals surface area contributed by atoms with E-state index in [-0.39, 0.29) is 0 Å². The van der Waals surface area contributed by atoms with E-state index in [2.05, 4.69) is 21.8 Å². The summed E-state index contributed by atoms with van der Waals surface area (Å²) in [7, 11) is 1.72. The quantitative estimate of drug-likeness (QED) is 0.713. The topological polar surface area (TPSA) is 38.2 Å². The predicted octanol–water partition coefficient (Wildman–Crippen LogP) is 2.47. The first kappa shape index (κ1) is 13.6. The van der Waals surface area contributed by atoms with E-state index in [1.54, 1.807) is 13.3 Å². The average molecular weight is 270 g/mol. The van der Waals surface area contributed by atoms with Gasteiger partial charge in [-0.05, 0) is 25.7 Å². The summed E-state index contributed by atoms with van der Waals surface area (Å²) >= 11 is 5.73. The molecule has 0 bridgehead atoms. The maximum atomic E-state index is 5.73. The van der Waals surface area contributed by atoms with Crippen LogP contribution in [0.15, 0.2) is 12.4 Å². The second-order valence-electron chi connectivity index (χ2n) is 4.76. The summed E-state index contributed by atoms with van der Waals surface area (Å²) in [6.07, 6.45) is 6.20. The van der Waals surface area contributed by atoms with Gasteiger partial charge in [-0.25, -0.2) is 4.98 Å². The van der Waals surface area contributed by atoms with Crippen LogP contribution in [0.5, 0.6) is 0 Å². The van der Waals surface area contributed by atoms with Gasteiger partial charge in [0, 0.05) is 19.7 Å². The number of hydrogen-bond acceptors (Lipinski definition) is 4. The highest BCUT2D eigenvalue weighted by Crippen LogP contribution is 2.36. The standard InChI is InChI=1S/C13H20ClN3O/c1-10(11-3-4-11)17(5-6-18-2)13-9-15-12(7-14)8-16-13/h8-11H,3-7H2,1-2H3. The van der Waals surface area contributed by atoms with Gasteiger partial charge in [-0.15, -0.1) is 11.6 Å². The molecule has 0 spiro atoms. The van der Waals surface area contributed by atoms with Crippen molar-refractivity contribution in [1.29, 1.82) is 0 Å². The number of anilines is 1. The Morgan fingerprint density at radius 3 is 2.72 bits per heavy atom. The van der Waals surface area contributed by atoms with Crippen LogP contribution in [0.1, 0.15) is 25.5 Å². The zero-order valence-corrected chi connectivity index (χ0v) is 11.7. The Bertz CT molecular complexity index is 367. The van der Waals surface area contributed by atoms with Gasteiger partial charge in [0.05, 0.1) is 30.6 Å². The van der Waals surface area contributed by atoms with E-state index < -0.39 is 0 Å². The summed E-state index contributed by atoms with van der Waals surface area (Å²) in [6, 6.07) is 0.497. The van der Waals surface area contributed by atoms with Gasteiger partial charge in [0.1, 0.15) is 5.82 Å². The molecule has 4 nitrogen and oxygen atoms in total. The molecule has 1 saturated carbocycles. The Balaban J connectivity index is 2.09. The fraction of sp³-hybridized carbons (Fsp3) is 0.692. The molecule has 1 fully saturated rings. The van der Waals surface area contributed by atoms with Crippen LogP contribution in [0.3, 0.4) is 0 Å². The van der Waals surface area contributed by atoms with Crippen LogP contribution in [0.4, 0.5) is 5.82 Å². The van der Waals surface area contributed by atoms with Gasteiger partial charge in [0.25, 0.3) is 0 Å². The molecule has 1 unspecified atom stereocenters. The molecule has 0 radical (unpaired) electrons. The second kappa shape index (κ2) is 6.34. The minimum Gasteiger partial charge on any atom is -0.383 e. The average Bonchev–Trinajstić information content (AvgIpc) is 3.24. The molecule has 0 aromatic carbocycles. The van der Waals surface area contributed by atoms with Gasteiger partial charge in [-0.2, -0.15) is 0 Å². The SMILES string of the molecule is COCCN(c1cnc(CCl)cn1)C(C)C1CC1. The second-order valence-corrected chi connectivity index (χ2v) is 5.03. The number of ether oxygens (including phenoxy) is 1. The molecule has 100 valence electrons. The third-order valence-electron chi connectivity index (χ3n) is 3.46. The molecule has 2 rings (SSSR count). The summed E-state index contributed by atoms with van der Waals surface area (Å²) < 4.78 is 5.18. The van der Waals surface area contributed by atoms with E-state index in [9.17, 15) is 0 Å². The lowest BCUT2D eigenvalue weighted by Crippen LogP contribution is -2.38. The van der Waals surface area contributed by atoms with Crippen LogP contribution in [0.25, 0.3) is 0 Å². The van der Waals surface area contributed by atoms with Gasteiger partial charge < -0.3 is 9.64 Å². The third-order valence-corrected chi connectivity index (χ3v) is 3.73. The molecule has 1 aromatic heterocycles. The van der Waals surface area contributed by atoms with Crippen molar-refractivity contribution < 1.29 is 4.74 Å². The van der Waals surface area contributed by atoms with E-state index in [0.29, 0.717) is 18.5 Å². The highest BCUT2D eigenvalue weighted by atomic mass is 35.5. The van der Waals surface area contributed by atoms with Crippen LogP contribution in [-0.2, 0) is 10.6 Å². The molecule has 1 aliphatic rings. The van der Waals surface area contributed by atoms with E-state index in [0.717, 1.165) is 24.0 Å². The van der Waals surface area contributed by atoms with Gasteiger partial charge in [-0.3, -0.25) is 4.98 Å². The lowest BCUT2D eigenvalue weighted by Gasteiger charge is -2.30. The summed E-state index contributed by atoms with van der Waals surface area (Å²) in [5.41, 5.74) is 0.811. The van der Waals surface area contributed by atoms with Gasteiger partial charge in [0.15, 0.2) is 0 Å². The molecule has 0 aliphatic heterocycles. The zero-order valence-electron chi connectivity index (χ0n) is 11.0. The molecule has 0 amide bonds. The summed E-state index contributed by atoms with van der Waals surface area (Å²) in [5.74, 6) is 2.11. The maximum absolute atomic E-state index is 5.73. The molecule has 1 atom stereocenters. The van der Waals surface area contributed by atoms with Crippen molar-refractivity contribution in [3.8, 4) is 0 Å². The van der Waals surface area contributed by atoms with Crippen molar-refractivity contribution in [3.05, 3.63) is 18.1 Å². The molecule has 1 aromatic rings. The Hall–Kier alpha value is -0.870. The third kappa shape index (κ3) is 3.33. The van der Waals surface area contributed by atoms with Crippen molar-refractivity contribution in [1.82, 2.24) is 9.97 Å². The number of methoxy groups -OCH3 is 1. The molecule has 0 N–H and O–H groups in total. The van der Waals surface area contributed by atoms with Crippen LogP contribution in [0.2, 0.25) is 0 Å². The summed E-state index contributed by atoms with van der Waals surface area (Å²) in [5, 5.41) is 0. The highest BCUT2D eigenvalue weighted by molar-refractivity contribution is 6.16. The predicted molar refractivity (Wildman–Crippen MR) is 73.0 cm³/mol. The number of halogens is 1. The van der Waals surface area contributed by atoms with Crippen LogP contribution < -0.4 is 4.90 Å². The zero-order chi connectivity index (χ0) is 13.0. The Labute approximate surface area is 113 Å². The minimum absolute atomic E-state index is 0.406. The number of aromatic nitrogens is 2. The Morgan fingerprint density at radius 1 is 1.44 bits per heavy atom. The minimum atomic E-state index is 0.406. The first-order valence-corrected chi connectivity index (χ1v) is 6.92. The van der Waals surface area contributed by atoms with E-state index in [1.807, 2.05) is 6.20 Å². The van der Waals surface area contributed by atoms with Crippen LogP contribution >= 0.6 is 11.6 Å². The molecule has 1 aliphatic carbocycles.